The summed E-state index contributed by atoms with van der Waals surface area (Å²) in [5, 5.41) is 12.0. The molecule has 1 aliphatic rings. The van der Waals surface area contributed by atoms with Gasteiger partial charge in [-0.25, -0.2) is 4.68 Å². The minimum atomic E-state index is -0.477. The number of carbonyl (C=O) groups excluding carboxylic acids is 1. The zero-order valence-electron chi connectivity index (χ0n) is 16.1. The fourth-order valence-electron chi connectivity index (χ4n) is 3.20. The van der Waals surface area contributed by atoms with E-state index in [4.69, 9.17) is 16.3 Å². The van der Waals surface area contributed by atoms with Crippen molar-refractivity contribution in [3.05, 3.63) is 64.4 Å². The van der Waals surface area contributed by atoms with Crippen LogP contribution in [0.25, 0.3) is 0 Å². The summed E-state index contributed by atoms with van der Waals surface area (Å²) in [5.41, 5.74) is 6.02. The number of nitrogens with one attached hydrogen (secondary N) is 2. The quantitative estimate of drug-likeness (QED) is 0.653. The lowest BCUT2D eigenvalue weighted by molar-refractivity contribution is -0.116. The van der Waals surface area contributed by atoms with Crippen molar-refractivity contribution in [1.29, 1.82) is 0 Å². The van der Waals surface area contributed by atoms with Crippen LogP contribution in [0.2, 0.25) is 5.02 Å². The number of nitrogens with zero attached hydrogens (tertiary/aromatic N) is 3. The van der Waals surface area contributed by atoms with Gasteiger partial charge in [-0.05, 0) is 43.2 Å². The Morgan fingerprint density at radius 2 is 2.03 bits per heavy atom. The molecule has 2 heterocycles. The van der Waals surface area contributed by atoms with Gasteiger partial charge in [-0.2, -0.15) is 0 Å². The second-order valence-electron chi connectivity index (χ2n) is 6.71. The van der Waals surface area contributed by atoms with E-state index in [9.17, 15) is 4.79 Å². The van der Waals surface area contributed by atoms with Crippen LogP contribution in [0.3, 0.4) is 0 Å². The maximum atomic E-state index is 13.2. The standard InChI is InChI=1S/C20H20ClN5O2S/c1-11-6-4-5-7-15(11)22-19(27)18-17(13-8-9-16(28-3)14(21)10-13)25-26-12(2)23-24-20(26)29-18/h4-10,17-18,25H,1-3H3,(H,22,27)/t17-,18-/m1/s1. The third-order valence-corrected chi connectivity index (χ3v) is 6.31. The lowest BCUT2D eigenvalue weighted by atomic mass is 10.0. The summed E-state index contributed by atoms with van der Waals surface area (Å²) in [6.45, 7) is 3.82. The smallest absolute Gasteiger partial charge is 0.240 e. The van der Waals surface area contributed by atoms with Crippen LogP contribution in [0.1, 0.15) is 23.0 Å². The molecule has 1 aromatic heterocycles. The average Bonchev–Trinajstić information content (AvgIpc) is 3.08. The number of hydrogen-bond donors (Lipinski definition) is 2. The van der Waals surface area contributed by atoms with E-state index in [1.807, 2.05) is 50.2 Å². The minimum absolute atomic E-state index is 0.124. The van der Waals surface area contributed by atoms with Gasteiger partial charge in [-0.3, -0.25) is 4.79 Å². The van der Waals surface area contributed by atoms with E-state index in [0.717, 1.165) is 22.6 Å². The Morgan fingerprint density at radius 3 is 2.76 bits per heavy atom. The number of methoxy groups -OCH3 is 1. The van der Waals surface area contributed by atoms with E-state index < -0.39 is 5.25 Å². The molecule has 0 aliphatic carbocycles. The van der Waals surface area contributed by atoms with Crippen LogP contribution in [-0.4, -0.2) is 33.1 Å². The first kappa shape index (κ1) is 19.6. The summed E-state index contributed by atoms with van der Waals surface area (Å²) in [6, 6.07) is 12.9. The highest BCUT2D eigenvalue weighted by Crippen LogP contribution is 2.39. The molecule has 4 rings (SSSR count). The third-order valence-electron chi connectivity index (χ3n) is 4.79. The maximum Gasteiger partial charge on any atom is 0.240 e. The molecule has 3 aromatic rings. The van der Waals surface area contributed by atoms with Gasteiger partial charge in [0.2, 0.25) is 11.1 Å². The Labute approximate surface area is 177 Å². The van der Waals surface area contributed by atoms with Crippen molar-refractivity contribution in [3.63, 3.8) is 0 Å². The van der Waals surface area contributed by atoms with Gasteiger partial charge in [0, 0.05) is 5.69 Å². The van der Waals surface area contributed by atoms with Crippen molar-refractivity contribution in [1.82, 2.24) is 14.9 Å². The highest BCUT2D eigenvalue weighted by Gasteiger charge is 2.37. The lowest BCUT2D eigenvalue weighted by Gasteiger charge is -2.33. The average molecular weight is 430 g/mol. The number of hydrogen-bond acceptors (Lipinski definition) is 6. The first-order valence-corrected chi connectivity index (χ1v) is 10.3. The summed E-state index contributed by atoms with van der Waals surface area (Å²) in [5.74, 6) is 1.18. The number of amides is 1. The molecule has 0 unspecified atom stereocenters. The predicted molar refractivity (Wildman–Crippen MR) is 114 cm³/mol. The SMILES string of the molecule is COc1ccc([C@H]2Nn3c(C)nnc3S[C@H]2C(=O)Nc2ccccc2C)cc1Cl. The highest BCUT2D eigenvalue weighted by molar-refractivity contribution is 8.00. The van der Waals surface area contributed by atoms with Crippen LogP contribution >= 0.6 is 23.4 Å². The summed E-state index contributed by atoms with van der Waals surface area (Å²) >= 11 is 7.72. The molecule has 0 bridgehead atoms. The summed E-state index contributed by atoms with van der Waals surface area (Å²) < 4.78 is 7.05. The molecular weight excluding hydrogens is 410 g/mol. The van der Waals surface area contributed by atoms with Crippen LogP contribution in [0.15, 0.2) is 47.6 Å². The van der Waals surface area contributed by atoms with E-state index in [1.54, 1.807) is 17.9 Å². The molecule has 0 radical (unpaired) electrons. The molecule has 0 saturated heterocycles. The number of carbonyl (C=O) groups is 1. The zero-order valence-corrected chi connectivity index (χ0v) is 17.7. The monoisotopic (exact) mass is 429 g/mol. The maximum absolute atomic E-state index is 13.2. The van der Waals surface area contributed by atoms with Gasteiger partial charge in [-0.1, -0.05) is 47.6 Å². The lowest BCUT2D eigenvalue weighted by Crippen LogP contribution is -2.41. The van der Waals surface area contributed by atoms with Crippen LogP contribution < -0.4 is 15.5 Å². The van der Waals surface area contributed by atoms with Gasteiger partial charge < -0.3 is 15.5 Å². The molecule has 0 spiro atoms. The summed E-state index contributed by atoms with van der Waals surface area (Å²) in [4.78, 5) is 13.2. The first-order valence-electron chi connectivity index (χ1n) is 9.03. The van der Waals surface area contributed by atoms with Gasteiger partial charge in [0.25, 0.3) is 0 Å². The normalized spacial score (nSPS) is 17.9. The van der Waals surface area contributed by atoms with Gasteiger partial charge in [0.15, 0.2) is 0 Å². The Balaban J connectivity index is 1.70. The molecule has 2 aromatic carbocycles. The molecule has 1 amide bonds. The van der Waals surface area contributed by atoms with Crippen molar-refractivity contribution in [2.24, 2.45) is 0 Å². The van der Waals surface area contributed by atoms with Gasteiger partial charge in [0.1, 0.15) is 16.8 Å². The molecular formula is C20H20ClN5O2S. The van der Waals surface area contributed by atoms with Gasteiger partial charge >= 0.3 is 0 Å². The molecule has 29 heavy (non-hydrogen) atoms. The van der Waals surface area contributed by atoms with E-state index >= 15 is 0 Å². The Kier molecular flexibility index (Phi) is 5.38. The number of aryl methyl sites for hydroxylation is 2. The molecule has 0 fully saturated rings. The minimum Gasteiger partial charge on any atom is -0.495 e. The van der Waals surface area contributed by atoms with Gasteiger partial charge in [0.05, 0.1) is 18.2 Å². The van der Waals surface area contributed by atoms with E-state index in [-0.39, 0.29) is 11.9 Å². The number of anilines is 1. The van der Waals surface area contributed by atoms with Crippen molar-refractivity contribution < 1.29 is 9.53 Å². The Hall–Kier alpha value is -2.71. The predicted octanol–water partition coefficient (Wildman–Crippen LogP) is 3.95. The van der Waals surface area contributed by atoms with Crippen LogP contribution in [0.4, 0.5) is 5.69 Å². The van der Waals surface area contributed by atoms with Crippen molar-refractivity contribution in [2.45, 2.75) is 30.3 Å². The summed E-state index contributed by atoms with van der Waals surface area (Å²) in [7, 11) is 1.57. The number of halogens is 1. The fraction of sp³-hybridized carbons (Fsp3) is 0.250. The number of fused-ring (bicyclic) bond motifs is 1. The largest absolute Gasteiger partial charge is 0.495 e. The molecule has 7 nitrogen and oxygen atoms in total. The van der Waals surface area contributed by atoms with Gasteiger partial charge in [-0.15, -0.1) is 10.2 Å². The Bertz CT molecular complexity index is 1070. The number of ether oxygens (including phenoxy) is 1. The Morgan fingerprint density at radius 1 is 1.24 bits per heavy atom. The fourth-order valence-corrected chi connectivity index (χ4v) is 4.60. The third kappa shape index (κ3) is 3.77. The molecule has 2 N–H and O–H groups in total. The first-order chi connectivity index (χ1) is 14.0. The van der Waals surface area contributed by atoms with Crippen LogP contribution in [0, 0.1) is 13.8 Å². The molecule has 1 aliphatic heterocycles. The zero-order chi connectivity index (χ0) is 20.5. The van der Waals surface area contributed by atoms with E-state index in [2.05, 4.69) is 20.9 Å². The number of benzene rings is 2. The number of aromatic nitrogens is 3. The number of thioether (sulfide) groups is 1. The molecule has 150 valence electrons. The second kappa shape index (κ2) is 7.96. The van der Waals surface area contributed by atoms with E-state index in [1.165, 1.54) is 11.8 Å². The van der Waals surface area contributed by atoms with Crippen molar-refractivity contribution in [2.75, 3.05) is 17.9 Å². The van der Waals surface area contributed by atoms with Crippen LogP contribution in [0.5, 0.6) is 5.75 Å². The number of para-hydroxylation sites is 1. The van der Waals surface area contributed by atoms with E-state index in [0.29, 0.717) is 15.9 Å². The molecule has 9 heteroatoms. The molecule has 2 atom stereocenters. The van der Waals surface area contributed by atoms with Crippen molar-refractivity contribution >= 4 is 35.0 Å². The second-order valence-corrected chi connectivity index (χ2v) is 8.22. The molecule has 0 saturated carbocycles. The van der Waals surface area contributed by atoms with Crippen molar-refractivity contribution in [3.8, 4) is 5.75 Å². The van der Waals surface area contributed by atoms with Crippen LogP contribution in [-0.2, 0) is 4.79 Å². The topological polar surface area (TPSA) is 81.1 Å². The summed E-state index contributed by atoms with van der Waals surface area (Å²) in [6.07, 6.45) is 0. The number of rotatable bonds is 4. The highest BCUT2D eigenvalue weighted by atomic mass is 35.5.